The van der Waals surface area contributed by atoms with Crippen molar-refractivity contribution in [2.24, 2.45) is 5.73 Å². The fourth-order valence-corrected chi connectivity index (χ4v) is 1.09. The first-order valence-electron chi connectivity index (χ1n) is 4.57. The Hall–Kier alpha value is -1.09. The summed E-state index contributed by atoms with van der Waals surface area (Å²) >= 11 is 0. The number of hydrogen-bond acceptors (Lipinski definition) is 3. The lowest BCUT2D eigenvalue weighted by molar-refractivity contribution is 0.811. The molecular weight excluding hydrogens is 162 g/mol. The Kier molecular flexibility index (Phi) is 3.25. The first-order valence-corrected chi connectivity index (χ1v) is 4.57. The Morgan fingerprint density at radius 1 is 1.62 bits per heavy atom. The van der Waals surface area contributed by atoms with Crippen LogP contribution < -0.4 is 10.6 Å². The molecule has 1 rings (SSSR count). The molecule has 0 spiro atoms. The maximum absolute atomic E-state index is 5.78. The van der Waals surface area contributed by atoms with Crippen molar-refractivity contribution in [1.29, 1.82) is 0 Å². The summed E-state index contributed by atoms with van der Waals surface area (Å²) in [6.45, 7) is 5.03. The summed E-state index contributed by atoms with van der Waals surface area (Å²) in [6.07, 6.45) is 1.81. The highest BCUT2D eigenvalue weighted by Crippen LogP contribution is 2.14. The lowest BCUT2D eigenvalue weighted by atomic mass is 10.1. The Labute approximate surface area is 79.6 Å². The average molecular weight is 179 g/mol. The summed E-state index contributed by atoms with van der Waals surface area (Å²) in [5.74, 6) is 0.984. The molecule has 0 fully saturated rings. The Morgan fingerprint density at radius 2 is 2.31 bits per heavy atom. The van der Waals surface area contributed by atoms with Gasteiger partial charge in [0, 0.05) is 25.8 Å². The summed E-state index contributed by atoms with van der Waals surface area (Å²) in [5, 5.41) is 0. The third-order valence-electron chi connectivity index (χ3n) is 2.16. The van der Waals surface area contributed by atoms with Gasteiger partial charge in [0.25, 0.3) is 0 Å². The molecule has 1 aromatic rings. The van der Waals surface area contributed by atoms with Gasteiger partial charge in [-0.05, 0) is 31.5 Å². The molecule has 0 saturated heterocycles. The average Bonchev–Trinajstić information content (AvgIpc) is 2.17. The summed E-state index contributed by atoms with van der Waals surface area (Å²) in [5.41, 5.74) is 6.91. The number of pyridine rings is 1. The molecule has 0 unspecified atom stereocenters. The van der Waals surface area contributed by atoms with E-state index in [1.54, 1.807) is 6.20 Å². The smallest absolute Gasteiger partial charge is 0.128 e. The number of anilines is 1. The molecule has 3 nitrogen and oxygen atoms in total. The van der Waals surface area contributed by atoms with Gasteiger partial charge in [0.15, 0.2) is 0 Å². The molecule has 1 heterocycles. The van der Waals surface area contributed by atoms with E-state index >= 15 is 0 Å². The minimum Gasteiger partial charge on any atom is -0.360 e. The molecule has 0 bridgehead atoms. The van der Waals surface area contributed by atoms with Crippen molar-refractivity contribution in [3.8, 4) is 0 Å². The normalized spacial score (nSPS) is 12.6. The standard InChI is InChI=1S/C10H17N3/c1-4-13(3)10-7-9(8(2)11)5-6-12-10/h5-8H,4,11H2,1-3H3/t8-/m1/s1. The molecule has 0 radical (unpaired) electrons. The molecule has 0 saturated carbocycles. The number of nitrogens with two attached hydrogens (primary N) is 1. The first kappa shape index (κ1) is 9.99. The van der Waals surface area contributed by atoms with Crippen molar-refractivity contribution in [2.45, 2.75) is 19.9 Å². The second-order valence-corrected chi connectivity index (χ2v) is 3.25. The molecule has 72 valence electrons. The van der Waals surface area contributed by atoms with E-state index in [9.17, 15) is 0 Å². The van der Waals surface area contributed by atoms with E-state index in [1.807, 2.05) is 26.1 Å². The summed E-state index contributed by atoms with van der Waals surface area (Å²) in [6, 6.07) is 4.07. The lowest BCUT2D eigenvalue weighted by Gasteiger charge is -2.16. The molecule has 0 aliphatic heterocycles. The Balaban J connectivity index is 2.91. The van der Waals surface area contributed by atoms with Gasteiger partial charge in [-0.1, -0.05) is 0 Å². The first-order chi connectivity index (χ1) is 6.15. The number of nitrogens with zero attached hydrogens (tertiary/aromatic N) is 2. The van der Waals surface area contributed by atoms with Crippen LogP contribution >= 0.6 is 0 Å². The van der Waals surface area contributed by atoms with E-state index in [0.717, 1.165) is 17.9 Å². The van der Waals surface area contributed by atoms with Gasteiger partial charge in [0.1, 0.15) is 5.82 Å². The van der Waals surface area contributed by atoms with E-state index in [2.05, 4.69) is 16.8 Å². The van der Waals surface area contributed by atoms with Crippen molar-refractivity contribution in [2.75, 3.05) is 18.5 Å². The number of hydrogen-bond donors (Lipinski definition) is 1. The van der Waals surface area contributed by atoms with Crippen molar-refractivity contribution in [3.63, 3.8) is 0 Å². The molecule has 13 heavy (non-hydrogen) atoms. The highest BCUT2D eigenvalue weighted by molar-refractivity contribution is 5.40. The van der Waals surface area contributed by atoms with E-state index in [4.69, 9.17) is 5.73 Å². The zero-order chi connectivity index (χ0) is 9.84. The zero-order valence-corrected chi connectivity index (χ0v) is 8.49. The minimum atomic E-state index is 0.0759. The Bertz CT molecular complexity index is 271. The van der Waals surface area contributed by atoms with Crippen LogP contribution in [0.2, 0.25) is 0 Å². The van der Waals surface area contributed by atoms with Gasteiger partial charge in [0.05, 0.1) is 0 Å². The van der Waals surface area contributed by atoms with Crippen LogP contribution in [0.4, 0.5) is 5.82 Å². The van der Waals surface area contributed by atoms with Gasteiger partial charge in [0.2, 0.25) is 0 Å². The van der Waals surface area contributed by atoms with Crippen LogP contribution in [0.15, 0.2) is 18.3 Å². The zero-order valence-electron chi connectivity index (χ0n) is 8.49. The predicted molar refractivity (Wildman–Crippen MR) is 55.8 cm³/mol. The second kappa shape index (κ2) is 4.23. The largest absolute Gasteiger partial charge is 0.360 e. The quantitative estimate of drug-likeness (QED) is 0.765. The third-order valence-corrected chi connectivity index (χ3v) is 2.16. The van der Waals surface area contributed by atoms with Crippen LogP contribution in [0, 0.1) is 0 Å². The molecule has 2 N–H and O–H groups in total. The molecule has 1 aromatic heterocycles. The molecular formula is C10H17N3. The predicted octanol–water partition coefficient (Wildman–Crippen LogP) is 1.56. The van der Waals surface area contributed by atoms with Crippen LogP contribution in [0.25, 0.3) is 0 Å². The monoisotopic (exact) mass is 179 g/mol. The molecule has 0 aromatic carbocycles. The summed E-state index contributed by atoms with van der Waals surface area (Å²) in [7, 11) is 2.02. The molecule has 0 amide bonds. The highest BCUT2D eigenvalue weighted by atomic mass is 15.1. The van der Waals surface area contributed by atoms with Crippen LogP contribution in [0.3, 0.4) is 0 Å². The highest BCUT2D eigenvalue weighted by Gasteiger charge is 2.03. The van der Waals surface area contributed by atoms with E-state index < -0.39 is 0 Å². The van der Waals surface area contributed by atoms with Crippen molar-refractivity contribution in [1.82, 2.24) is 4.98 Å². The van der Waals surface area contributed by atoms with Gasteiger partial charge in [-0.3, -0.25) is 0 Å². The fraction of sp³-hybridized carbons (Fsp3) is 0.500. The van der Waals surface area contributed by atoms with Gasteiger partial charge in [-0.25, -0.2) is 4.98 Å². The van der Waals surface area contributed by atoms with Gasteiger partial charge in [-0.15, -0.1) is 0 Å². The number of aromatic nitrogens is 1. The maximum Gasteiger partial charge on any atom is 0.128 e. The third kappa shape index (κ3) is 2.42. The lowest BCUT2D eigenvalue weighted by Crippen LogP contribution is -2.17. The topological polar surface area (TPSA) is 42.1 Å². The van der Waals surface area contributed by atoms with Crippen LogP contribution in [0.5, 0.6) is 0 Å². The molecule has 0 aliphatic carbocycles. The Morgan fingerprint density at radius 3 is 2.85 bits per heavy atom. The van der Waals surface area contributed by atoms with E-state index in [-0.39, 0.29) is 6.04 Å². The van der Waals surface area contributed by atoms with Crippen LogP contribution in [-0.2, 0) is 0 Å². The van der Waals surface area contributed by atoms with E-state index in [1.165, 1.54) is 0 Å². The van der Waals surface area contributed by atoms with Gasteiger partial charge in [-0.2, -0.15) is 0 Å². The second-order valence-electron chi connectivity index (χ2n) is 3.25. The number of rotatable bonds is 3. The molecule has 0 aliphatic rings. The van der Waals surface area contributed by atoms with Crippen molar-refractivity contribution < 1.29 is 0 Å². The minimum absolute atomic E-state index is 0.0759. The molecule has 3 heteroatoms. The molecule has 1 atom stereocenters. The van der Waals surface area contributed by atoms with Crippen molar-refractivity contribution >= 4 is 5.82 Å². The maximum atomic E-state index is 5.78. The van der Waals surface area contributed by atoms with Gasteiger partial charge < -0.3 is 10.6 Å². The summed E-state index contributed by atoms with van der Waals surface area (Å²) < 4.78 is 0. The van der Waals surface area contributed by atoms with Gasteiger partial charge >= 0.3 is 0 Å². The SMILES string of the molecule is CCN(C)c1cc([C@@H](C)N)ccn1. The van der Waals surface area contributed by atoms with Crippen LogP contribution in [-0.4, -0.2) is 18.6 Å². The van der Waals surface area contributed by atoms with Crippen LogP contribution in [0.1, 0.15) is 25.5 Å². The van der Waals surface area contributed by atoms with Crippen molar-refractivity contribution in [3.05, 3.63) is 23.9 Å². The fourth-order valence-electron chi connectivity index (χ4n) is 1.09. The van der Waals surface area contributed by atoms with E-state index in [0.29, 0.717) is 0 Å². The summed E-state index contributed by atoms with van der Waals surface area (Å²) in [4.78, 5) is 6.35.